The van der Waals surface area contributed by atoms with E-state index in [-0.39, 0.29) is 0 Å². The molecule has 0 aliphatic rings. The number of hydrogen-bond acceptors (Lipinski definition) is 3. The van der Waals surface area contributed by atoms with Gasteiger partial charge in [0.15, 0.2) is 5.58 Å². The van der Waals surface area contributed by atoms with Gasteiger partial charge >= 0.3 is 0 Å². The third kappa shape index (κ3) is 2.77. The van der Waals surface area contributed by atoms with E-state index in [1.807, 2.05) is 60.7 Å². The summed E-state index contributed by atoms with van der Waals surface area (Å²) in [5.41, 5.74) is 2.79. The molecule has 2 heterocycles. The van der Waals surface area contributed by atoms with Crippen LogP contribution in [0.25, 0.3) is 23.3 Å². The average molecular weight is 248 g/mol. The number of hydrogen-bond donors (Lipinski definition) is 0. The number of aromatic nitrogens is 2. The standard InChI is InChI=1S/C16H12N2O/c1(5-13-9-11-17-12-10-13)4-8-16-18-14-6-2-3-7-15(14)19-16/h1-12H/b5-1+,8-4+. The van der Waals surface area contributed by atoms with Crippen molar-refractivity contribution in [1.82, 2.24) is 9.97 Å². The minimum Gasteiger partial charge on any atom is -0.437 e. The lowest BCUT2D eigenvalue weighted by atomic mass is 10.2. The molecule has 92 valence electrons. The van der Waals surface area contributed by atoms with Gasteiger partial charge in [-0.3, -0.25) is 4.98 Å². The number of fused-ring (bicyclic) bond motifs is 1. The van der Waals surface area contributed by atoms with Crippen LogP contribution in [-0.4, -0.2) is 9.97 Å². The van der Waals surface area contributed by atoms with Crippen LogP contribution >= 0.6 is 0 Å². The first-order chi connectivity index (χ1) is 9.42. The molecule has 3 aromatic rings. The molecule has 0 aliphatic carbocycles. The Kier molecular flexibility index (Phi) is 3.19. The van der Waals surface area contributed by atoms with Crippen molar-refractivity contribution in [3.63, 3.8) is 0 Å². The van der Waals surface area contributed by atoms with Gasteiger partial charge in [-0.2, -0.15) is 0 Å². The van der Waals surface area contributed by atoms with Crippen LogP contribution < -0.4 is 0 Å². The number of oxazole rings is 1. The summed E-state index contributed by atoms with van der Waals surface area (Å²) < 4.78 is 5.58. The van der Waals surface area contributed by atoms with Crippen molar-refractivity contribution in [1.29, 1.82) is 0 Å². The SMILES string of the molecule is C(/C=C/c1nc2ccccc2o1)=C\c1ccncc1. The number of allylic oxidation sites excluding steroid dienone is 2. The van der Waals surface area contributed by atoms with Crippen molar-refractivity contribution in [2.45, 2.75) is 0 Å². The van der Waals surface area contributed by atoms with Crippen molar-refractivity contribution >= 4 is 23.3 Å². The Hall–Kier alpha value is -2.68. The molecule has 0 saturated carbocycles. The zero-order chi connectivity index (χ0) is 12.9. The van der Waals surface area contributed by atoms with Crippen molar-refractivity contribution < 1.29 is 4.42 Å². The van der Waals surface area contributed by atoms with Gasteiger partial charge in [-0.1, -0.05) is 30.4 Å². The maximum absolute atomic E-state index is 5.58. The number of rotatable bonds is 3. The summed E-state index contributed by atoms with van der Waals surface area (Å²) in [5, 5.41) is 0. The average Bonchev–Trinajstić information content (AvgIpc) is 2.87. The predicted molar refractivity (Wildman–Crippen MR) is 76.3 cm³/mol. The van der Waals surface area contributed by atoms with Crippen molar-refractivity contribution in [2.24, 2.45) is 0 Å². The lowest BCUT2D eigenvalue weighted by Crippen LogP contribution is -1.71. The Morgan fingerprint density at radius 2 is 1.68 bits per heavy atom. The Bertz CT molecular complexity index is 694. The molecule has 0 N–H and O–H groups in total. The van der Waals surface area contributed by atoms with E-state index in [1.54, 1.807) is 12.4 Å². The molecule has 0 amide bonds. The predicted octanol–water partition coefficient (Wildman–Crippen LogP) is 3.95. The number of benzene rings is 1. The summed E-state index contributed by atoms with van der Waals surface area (Å²) >= 11 is 0. The van der Waals surface area contributed by atoms with E-state index >= 15 is 0 Å². The monoisotopic (exact) mass is 248 g/mol. The first-order valence-corrected chi connectivity index (χ1v) is 6.02. The summed E-state index contributed by atoms with van der Waals surface area (Å²) in [6.07, 6.45) is 11.2. The van der Waals surface area contributed by atoms with Crippen LogP contribution in [0.1, 0.15) is 11.5 Å². The van der Waals surface area contributed by atoms with E-state index in [1.165, 1.54) is 0 Å². The van der Waals surface area contributed by atoms with Crippen molar-refractivity contribution in [3.8, 4) is 0 Å². The van der Waals surface area contributed by atoms with Crippen LogP contribution in [0.15, 0.2) is 65.4 Å². The fraction of sp³-hybridized carbons (Fsp3) is 0. The Labute approximate surface area is 110 Å². The van der Waals surface area contributed by atoms with E-state index in [9.17, 15) is 0 Å². The molecule has 3 heteroatoms. The summed E-state index contributed by atoms with van der Waals surface area (Å²) in [7, 11) is 0. The summed E-state index contributed by atoms with van der Waals surface area (Å²) in [5.74, 6) is 0.612. The van der Waals surface area contributed by atoms with Gasteiger partial charge in [-0.25, -0.2) is 4.98 Å². The maximum Gasteiger partial charge on any atom is 0.219 e. The second-order valence-corrected chi connectivity index (χ2v) is 4.02. The number of nitrogens with zero attached hydrogens (tertiary/aromatic N) is 2. The molecule has 0 aliphatic heterocycles. The molecule has 0 saturated heterocycles. The van der Waals surface area contributed by atoms with Gasteiger partial charge in [0.1, 0.15) is 5.52 Å². The molecule has 0 fully saturated rings. The van der Waals surface area contributed by atoms with E-state index in [0.29, 0.717) is 5.89 Å². The van der Waals surface area contributed by atoms with E-state index in [4.69, 9.17) is 4.42 Å². The van der Waals surface area contributed by atoms with Crippen LogP contribution in [0.3, 0.4) is 0 Å². The van der Waals surface area contributed by atoms with E-state index in [0.717, 1.165) is 16.7 Å². The molecule has 0 bridgehead atoms. The zero-order valence-electron chi connectivity index (χ0n) is 10.2. The van der Waals surface area contributed by atoms with Crippen LogP contribution in [0.2, 0.25) is 0 Å². The molecule has 19 heavy (non-hydrogen) atoms. The fourth-order valence-corrected chi connectivity index (χ4v) is 1.74. The highest BCUT2D eigenvalue weighted by molar-refractivity contribution is 5.73. The van der Waals surface area contributed by atoms with Crippen LogP contribution in [0.5, 0.6) is 0 Å². The topological polar surface area (TPSA) is 38.9 Å². The third-order valence-electron chi connectivity index (χ3n) is 2.66. The second-order valence-electron chi connectivity index (χ2n) is 4.02. The van der Waals surface area contributed by atoms with Gasteiger partial charge in [0.2, 0.25) is 5.89 Å². The molecule has 0 spiro atoms. The van der Waals surface area contributed by atoms with Crippen LogP contribution in [0, 0.1) is 0 Å². The minimum atomic E-state index is 0.612. The molecular formula is C16H12N2O. The van der Waals surface area contributed by atoms with Crippen LogP contribution in [0.4, 0.5) is 0 Å². The Morgan fingerprint density at radius 1 is 0.895 bits per heavy atom. The minimum absolute atomic E-state index is 0.612. The molecule has 3 nitrogen and oxygen atoms in total. The number of para-hydroxylation sites is 2. The van der Waals surface area contributed by atoms with Gasteiger partial charge in [-0.05, 0) is 29.8 Å². The zero-order valence-corrected chi connectivity index (χ0v) is 10.2. The van der Waals surface area contributed by atoms with E-state index < -0.39 is 0 Å². The van der Waals surface area contributed by atoms with Crippen LogP contribution in [-0.2, 0) is 0 Å². The fourth-order valence-electron chi connectivity index (χ4n) is 1.74. The molecule has 0 atom stereocenters. The summed E-state index contributed by atoms with van der Waals surface area (Å²) in [4.78, 5) is 8.33. The van der Waals surface area contributed by atoms with Gasteiger partial charge in [0.05, 0.1) is 0 Å². The summed E-state index contributed by atoms with van der Waals surface area (Å²) in [6, 6.07) is 11.6. The molecule has 2 aromatic heterocycles. The molecule has 1 aromatic carbocycles. The van der Waals surface area contributed by atoms with Gasteiger partial charge in [0.25, 0.3) is 0 Å². The second kappa shape index (κ2) is 5.31. The molecule has 3 rings (SSSR count). The highest BCUT2D eigenvalue weighted by Gasteiger charge is 1.99. The normalized spacial score (nSPS) is 11.8. The molecular weight excluding hydrogens is 236 g/mol. The highest BCUT2D eigenvalue weighted by Crippen LogP contribution is 2.15. The third-order valence-corrected chi connectivity index (χ3v) is 2.66. The lowest BCUT2D eigenvalue weighted by Gasteiger charge is -1.87. The smallest absolute Gasteiger partial charge is 0.219 e. The Balaban J connectivity index is 1.74. The maximum atomic E-state index is 5.58. The molecule has 0 unspecified atom stereocenters. The molecule has 0 radical (unpaired) electrons. The highest BCUT2D eigenvalue weighted by atomic mass is 16.3. The van der Waals surface area contributed by atoms with Gasteiger partial charge in [-0.15, -0.1) is 0 Å². The van der Waals surface area contributed by atoms with Crippen molar-refractivity contribution in [3.05, 3.63) is 72.4 Å². The van der Waals surface area contributed by atoms with Gasteiger partial charge in [0, 0.05) is 18.5 Å². The van der Waals surface area contributed by atoms with Crippen molar-refractivity contribution in [2.75, 3.05) is 0 Å². The first kappa shape index (κ1) is 11.4. The first-order valence-electron chi connectivity index (χ1n) is 6.02. The number of pyridine rings is 1. The summed E-state index contributed by atoms with van der Waals surface area (Å²) in [6.45, 7) is 0. The Morgan fingerprint density at radius 3 is 2.53 bits per heavy atom. The largest absolute Gasteiger partial charge is 0.437 e. The van der Waals surface area contributed by atoms with Gasteiger partial charge < -0.3 is 4.42 Å². The quantitative estimate of drug-likeness (QED) is 0.659. The lowest BCUT2D eigenvalue weighted by molar-refractivity contribution is 0.589. The van der Waals surface area contributed by atoms with E-state index in [2.05, 4.69) is 9.97 Å².